The van der Waals surface area contributed by atoms with Gasteiger partial charge in [-0.25, -0.2) is 0 Å². The first-order valence-electron chi connectivity index (χ1n) is 5.94. The van der Waals surface area contributed by atoms with E-state index in [1.165, 1.54) is 32.4 Å². The summed E-state index contributed by atoms with van der Waals surface area (Å²) in [6, 6.07) is 1.79. The summed E-state index contributed by atoms with van der Waals surface area (Å²) in [4.78, 5) is 14.3. The second-order valence-corrected chi connectivity index (χ2v) is 6.18. The molecule has 0 N–H and O–H groups in total. The monoisotopic (exact) mass is 362 g/mol. The molecule has 0 aliphatic carbocycles. The van der Waals surface area contributed by atoms with Gasteiger partial charge >= 0.3 is 0 Å². The third-order valence-electron chi connectivity index (χ3n) is 3.11. The summed E-state index contributed by atoms with van der Waals surface area (Å²) in [6.07, 6.45) is 5.78. The lowest BCUT2D eigenvalue weighted by molar-refractivity contribution is 0.220. The molecule has 0 radical (unpaired) electrons. The maximum Gasteiger partial charge on any atom is 0.264 e. The molecule has 1 aliphatic rings. The summed E-state index contributed by atoms with van der Waals surface area (Å²) in [5.41, 5.74) is 0.0465. The molecule has 0 aromatic carbocycles. The SMILES string of the molecule is O=c1c(Br)cc(Br)cn1CCN1CCCCC1. The minimum Gasteiger partial charge on any atom is -0.312 e. The summed E-state index contributed by atoms with van der Waals surface area (Å²) in [5.74, 6) is 0. The summed E-state index contributed by atoms with van der Waals surface area (Å²) in [6.45, 7) is 4.06. The number of halogens is 2. The number of hydrogen-bond acceptors (Lipinski definition) is 2. The van der Waals surface area contributed by atoms with Gasteiger partial charge in [-0.15, -0.1) is 0 Å². The molecule has 1 aromatic rings. The van der Waals surface area contributed by atoms with Crippen molar-refractivity contribution in [2.45, 2.75) is 25.8 Å². The second kappa shape index (κ2) is 6.16. The normalized spacial score (nSPS) is 17.3. The van der Waals surface area contributed by atoms with Crippen molar-refractivity contribution in [2.24, 2.45) is 0 Å². The molecule has 1 aliphatic heterocycles. The van der Waals surface area contributed by atoms with Gasteiger partial charge in [-0.1, -0.05) is 6.42 Å². The van der Waals surface area contributed by atoms with E-state index in [9.17, 15) is 4.79 Å². The number of likely N-dealkylation sites (tertiary alicyclic amines) is 1. The van der Waals surface area contributed by atoms with Crippen LogP contribution in [0, 0.1) is 0 Å². The minimum absolute atomic E-state index is 0.0465. The van der Waals surface area contributed by atoms with Crippen molar-refractivity contribution in [1.82, 2.24) is 9.47 Å². The zero-order valence-corrected chi connectivity index (χ0v) is 12.8. The Morgan fingerprint density at radius 1 is 1.12 bits per heavy atom. The van der Waals surface area contributed by atoms with E-state index in [4.69, 9.17) is 0 Å². The Morgan fingerprint density at radius 2 is 1.82 bits per heavy atom. The van der Waals surface area contributed by atoms with Crippen LogP contribution in [-0.4, -0.2) is 29.1 Å². The van der Waals surface area contributed by atoms with Crippen LogP contribution in [0.15, 0.2) is 26.0 Å². The Balaban J connectivity index is 2.00. The highest BCUT2D eigenvalue weighted by molar-refractivity contribution is 9.11. The predicted molar refractivity (Wildman–Crippen MR) is 76.4 cm³/mol. The van der Waals surface area contributed by atoms with Gasteiger partial charge in [0.25, 0.3) is 5.56 Å². The van der Waals surface area contributed by atoms with Crippen LogP contribution in [0.5, 0.6) is 0 Å². The molecule has 17 heavy (non-hydrogen) atoms. The molecule has 1 aromatic heterocycles. The fourth-order valence-electron chi connectivity index (χ4n) is 2.16. The van der Waals surface area contributed by atoms with Crippen molar-refractivity contribution in [3.8, 4) is 0 Å². The Kier molecular flexibility index (Phi) is 4.82. The molecular weight excluding hydrogens is 348 g/mol. The number of pyridine rings is 1. The molecule has 0 atom stereocenters. The van der Waals surface area contributed by atoms with Gasteiger partial charge in [-0.2, -0.15) is 0 Å². The fourth-order valence-corrected chi connectivity index (χ4v) is 3.42. The number of nitrogens with zero attached hydrogens (tertiary/aromatic N) is 2. The van der Waals surface area contributed by atoms with E-state index in [0.29, 0.717) is 4.47 Å². The molecule has 3 nitrogen and oxygen atoms in total. The lowest BCUT2D eigenvalue weighted by Gasteiger charge is -2.26. The Hall–Kier alpha value is -0.130. The van der Waals surface area contributed by atoms with Crippen LogP contribution >= 0.6 is 31.9 Å². The maximum absolute atomic E-state index is 11.9. The van der Waals surface area contributed by atoms with E-state index in [1.54, 1.807) is 10.6 Å². The van der Waals surface area contributed by atoms with Gasteiger partial charge in [0.15, 0.2) is 0 Å². The van der Waals surface area contributed by atoms with Crippen molar-refractivity contribution in [3.63, 3.8) is 0 Å². The topological polar surface area (TPSA) is 25.2 Å². The lowest BCUT2D eigenvalue weighted by Crippen LogP contribution is -2.34. The molecule has 5 heteroatoms. The first kappa shape index (κ1) is 13.3. The Morgan fingerprint density at radius 3 is 2.53 bits per heavy atom. The van der Waals surface area contributed by atoms with Crippen LogP contribution in [-0.2, 0) is 6.54 Å². The third kappa shape index (κ3) is 3.66. The largest absolute Gasteiger partial charge is 0.312 e. The summed E-state index contributed by atoms with van der Waals surface area (Å²) in [5, 5.41) is 0. The van der Waals surface area contributed by atoms with E-state index >= 15 is 0 Å². The highest BCUT2D eigenvalue weighted by Crippen LogP contribution is 2.13. The van der Waals surface area contributed by atoms with Crippen molar-refractivity contribution in [1.29, 1.82) is 0 Å². The summed E-state index contributed by atoms with van der Waals surface area (Å²) >= 11 is 6.70. The molecule has 2 rings (SSSR count). The minimum atomic E-state index is 0.0465. The molecule has 2 heterocycles. The molecule has 1 saturated heterocycles. The van der Waals surface area contributed by atoms with E-state index < -0.39 is 0 Å². The predicted octanol–water partition coefficient (Wildman–Crippen LogP) is 2.86. The van der Waals surface area contributed by atoms with E-state index in [0.717, 1.165) is 17.6 Å². The number of piperidine rings is 1. The van der Waals surface area contributed by atoms with E-state index in [1.807, 2.05) is 6.20 Å². The first-order chi connectivity index (χ1) is 8.16. The van der Waals surface area contributed by atoms with Gasteiger partial charge in [0.2, 0.25) is 0 Å². The average Bonchev–Trinajstić information content (AvgIpc) is 2.33. The molecule has 1 fully saturated rings. The molecule has 0 spiro atoms. The van der Waals surface area contributed by atoms with Gasteiger partial charge in [0.05, 0.1) is 4.47 Å². The van der Waals surface area contributed by atoms with E-state index in [2.05, 4.69) is 36.8 Å². The zero-order chi connectivity index (χ0) is 12.3. The van der Waals surface area contributed by atoms with Crippen LogP contribution in [0.25, 0.3) is 0 Å². The third-order valence-corrected chi connectivity index (χ3v) is 4.12. The van der Waals surface area contributed by atoms with Crippen molar-refractivity contribution < 1.29 is 0 Å². The quantitative estimate of drug-likeness (QED) is 0.824. The highest BCUT2D eigenvalue weighted by atomic mass is 79.9. The molecule has 0 saturated carbocycles. The zero-order valence-electron chi connectivity index (χ0n) is 9.66. The van der Waals surface area contributed by atoms with Gasteiger partial charge < -0.3 is 9.47 Å². The number of aromatic nitrogens is 1. The fraction of sp³-hybridized carbons (Fsp3) is 0.583. The van der Waals surface area contributed by atoms with E-state index in [-0.39, 0.29) is 5.56 Å². The number of rotatable bonds is 3. The van der Waals surface area contributed by atoms with Crippen LogP contribution in [0.2, 0.25) is 0 Å². The Labute approximate surface area is 118 Å². The first-order valence-corrected chi connectivity index (χ1v) is 7.53. The average molecular weight is 364 g/mol. The number of hydrogen-bond donors (Lipinski definition) is 0. The second-order valence-electron chi connectivity index (χ2n) is 4.41. The van der Waals surface area contributed by atoms with Gasteiger partial charge in [0.1, 0.15) is 0 Å². The molecule has 0 amide bonds. The molecular formula is C12H16Br2N2O. The smallest absolute Gasteiger partial charge is 0.264 e. The van der Waals surface area contributed by atoms with Crippen molar-refractivity contribution in [2.75, 3.05) is 19.6 Å². The molecule has 94 valence electrons. The Bertz CT molecular complexity index is 439. The molecule has 0 bridgehead atoms. The van der Waals surface area contributed by atoms with Gasteiger partial charge in [-0.05, 0) is 63.9 Å². The van der Waals surface area contributed by atoms with Crippen LogP contribution < -0.4 is 5.56 Å². The van der Waals surface area contributed by atoms with Crippen LogP contribution in [0.1, 0.15) is 19.3 Å². The van der Waals surface area contributed by atoms with Gasteiger partial charge in [-0.3, -0.25) is 4.79 Å². The summed E-state index contributed by atoms with van der Waals surface area (Å²) < 4.78 is 3.32. The van der Waals surface area contributed by atoms with Gasteiger partial charge in [0, 0.05) is 23.8 Å². The maximum atomic E-state index is 11.9. The van der Waals surface area contributed by atoms with Crippen LogP contribution in [0.3, 0.4) is 0 Å². The van der Waals surface area contributed by atoms with Crippen molar-refractivity contribution >= 4 is 31.9 Å². The lowest BCUT2D eigenvalue weighted by atomic mass is 10.1. The van der Waals surface area contributed by atoms with Crippen molar-refractivity contribution in [3.05, 3.63) is 31.6 Å². The highest BCUT2D eigenvalue weighted by Gasteiger charge is 2.10. The van der Waals surface area contributed by atoms with Crippen LogP contribution in [0.4, 0.5) is 0 Å². The standard InChI is InChI=1S/C12H16Br2N2O/c13-10-8-11(14)12(17)16(9-10)7-6-15-4-2-1-3-5-15/h8-9H,1-7H2. The molecule has 0 unspecified atom stereocenters. The summed E-state index contributed by atoms with van der Waals surface area (Å²) in [7, 11) is 0.